The molecule has 1 atom stereocenters. The van der Waals surface area contributed by atoms with Crippen LogP contribution in [0.25, 0.3) is 22.2 Å². The highest BCUT2D eigenvalue weighted by molar-refractivity contribution is 6.07. The lowest BCUT2D eigenvalue weighted by atomic mass is 10.0. The smallest absolute Gasteiger partial charge is 0.252 e. The van der Waals surface area contributed by atoms with E-state index in [-0.39, 0.29) is 12.5 Å². The molecule has 138 valence electrons. The number of aromatic nitrogens is 2. The predicted octanol–water partition coefficient (Wildman–Crippen LogP) is 3.76. The molecule has 5 nitrogen and oxygen atoms in total. The minimum Gasteiger partial charge on any atom is -0.387 e. The molecule has 0 bridgehead atoms. The number of para-hydroxylation sites is 1. The molecule has 2 N–H and O–H groups in total. The Labute approximate surface area is 162 Å². The average Bonchev–Trinajstić information content (AvgIpc) is 2.77. The number of nitrogens with zero attached hydrogens (tertiary/aromatic N) is 2. The lowest BCUT2D eigenvalue weighted by Gasteiger charge is -2.14. The summed E-state index contributed by atoms with van der Waals surface area (Å²) in [7, 11) is 0. The Bertz CT molecular complexity index is 1100. The Morgan fingerprint density at radius 3 is 2.57 bits per heavy atom. The second-order valence-corrected chi connectivity index (χ2v) is 6.45. The topological polar surface area (TPSA) is 75.1 Å². The normalized spacial score (nSPS) is 11.9. The highest BCUT2D eigenvalue weighted by Gasteiger charge is 2.15. The number of carbonyl (C=O) groups is 1. The molecule has 0 aliphatic carbocycles. The predicted molar refractivity (Wildman–Crippen MR) is 109 cm³/mol. The van der Waals surface area contributed by atoms with Gasteiger partial charge in [-0.3, -0.25) is 9.78 Å². The molecule has 0 aliphatic rings. The van der Waals surface area contributed by atoms with E-state index in [1.54, 1.807) is 18.5 Å². The molecule has 0 unspecified atom stereocenters. The van der Waals surface area contributed by atoms with E-state index in [1.807, 2.05) is 66.7 Å². The van der Waals surface area contributed by atoms with Crippen LogP contribution in [-0.2, 0) is 0 Å². The van der Waals surface area contributed by atoms with Crippen LogP contribution in [0.15, 0.2) is 85.2 Å². The molecule has 2 aromatic carbocycles. The average molecular weight is 369 g/mol. The first-order valence-electron chi connectivity index (χ1n) is 9.04. The van der Waals surface area contributed by atoms with Crippen LogP contribution in [0.1, 0.15) is 22.0 Å². The third-order valence-corrected chi connectivity index (χ3v) is 4.56. The molecular weight excluding hydrogens is 350 g/mol. The molecule has 0 radical (unpaired) electrons. The van der Waals surface area contributed by atoms with E-state index in [2.05, 4.69) is 15.3 Å². The first-order chi connectivity index (χ1) is 13.7. The lowest BCUT2D eigenvalue weighted by Crippen LogP contribution is -2.28. The van der Waals surface area contributed by atoms with Crippen molar-refractivity contribution in [3.63, 3.8) is 0 Å². The molecule has 4 rings (SSSR count). The fourth-order valence-electron chi connectivity index (χ4n) is 3.10. The number of hydrogen-bond donors (Lipinski definition) is 2. The highest BCUT2D eigenvalue weighted by Crippen LogP contribution is 2.24. The summed E-state index contributed by atoms with van der Waals surface area (Å²) in [6.07, 6.45) is 2.65. The number of hydrogen-bond acceptors (Lipinski definition) is 4. The fraction of sp³-hybridized carbons (Fsp3) is 0.0870. The van der Waals surface area contributed by atoms with Crippen LogP contribution in [-0.4, -0.2) is 27.5 Å². The summed E-state index contributed by atoms with van der Waals surface area (Å²) in [6.45, 7) is 0.127. The molecule has 0 saturated carbocycles. The Morgan fingerprint density at radius 1 is 1.00 bits per heavy atom. The third kappa shape index (κ3) is 3.75. The van der Waals surface area contributed by atoms with Gasteiger partial charge in [0, 0.05) is 29.9 Å². The van der Waals surface area contributed by atoms with Crippen LogP contribution in [0.4, 0.5) is 0 Å². The van der Waals surface area contributed by atoms with Crippen LogP contribution in [0, 0.1) is 0 Å². The van der Waals surface area contributed by atoms with Gasteiger partial charge in [0.05, 0.1) is 22.9 Å². The monoisotopic (exact) mass is 369 g/mol. The SMILES string of the molecule is O=C(NC[C@H](O)c1ccccc1)c1cc(-c2cccnc2)nc2ccccc12. The largest absolute Gasteiger partial charge is 0.387 e. The van der Waals surface area contributed by atoms with E-state index in [4.69, 9.17) is 0 Å². The van der Waals surface area contributed by atoms with Gasteiger partial charge >= 0.3 is 0 Å². The van der Waals surface area contributed by atoms with Gasteiger partial charge in [-0.15, -0.1) is 0 Å². The molecule has 2 heterocycles. The number of fused-ring (bicyclic) bond motifs is 1. The zero-order valence-corrected chi connectivity index (χ0v) is 15.1. The Kier molecular flexibility index (Phi) is 5.08. The Hall–Kier alpha value is -3.57. The van der Waals surface area contributed by atoms with Crippen molar-refractivity contribution in [2.24, 2.45) is 0 Å². The second kappa shape index (κ2) is 7.98. The number of amides is 1. The second-order valence-electron chi connectivity index (χ2n) is 6.45. The summed E-state index contributed by atoms with van der Waals surface area (Å²) >= 11 is 0. The maximum absolute atomic E-state index is 12.9. The molecule has 2 aromatic heterocycles. The maximum atomic E-state index is 12.9. The zero-order valence-electron chi connectivity index (χ0n) is 15.1. The number of pyridine rings is 2. The minimum atomic E-state index is -0.768. The molecule has 5 heteroatoms. The number of benzene rings is 2. The molecule has 4 aromatic rings. The molecular formula is C23H19N3O2. The van der Waals surface area contributed by atoms with Crippen LogP contribution in [0.3, 0.4) is 0 Å². The van der Waals surface area contributed by atoms with Gasteiger partial charge in [-0.05, 0) is 29.8 Å². The number of rotatable bonds is 5. The van der Waals surface area contributed by atoms with Gasteiger partial charge in [-0.2, -0.15) is 0 Å². The van der Waals surface area contributed by atoms with E-state index in [0.29, 0.717) is 11.3 Å². The number of aliphatic hydroxyl groups is 1. The van der Waals surface area contributed by atoms with Crippen molar-refractivity contribution in [2.75, 3.05) is 6.54 Å². The third-order valence-electron chi connectivity index (χ3n) is 4.56. The quantitative estimate of drug-likeness (QED) is 0.562. The van der Waals surface area contributed by atoms with Crippen molar-refractivity contribution in [3.8, 4) is 11.3 Å². The first kappa shape index (κ1) is 17.8. The van der Waals surface area contributed by atoms with Crippen molar-refractivity contribution in [1.82, 2.24) is 15.3 Å². The van der Waals surface area contributed by atoms with E-state index in [9.17, 15) is 9.90 Å². The van der Waals surface area contributed by atoms with Gasteiger partial charge in [0.1, 0.15) is 0 Å². The van der Waals surface area contributed by atoms with E-state index < -0.39 is 6.10 Å². The summed E-state index contributed by atoms with van der Waals surface area (Å²) in [5.41, 5.74) is 3.54. The summed E-state index contributed by atoms with van der Waals surface area (Å²) in [5.74, 6) is -0.251. The van der Waals surface area contributed by atoms with Gasteiger partial charge in [-0.1, -0.05) is 48.5 Å². The summed E-state index contributed by atoms with van der Waals surface area (Å²) in [6, 6.07) is 22.3. The van der Waals surface area contributed by atoms with E-state index in [1.165, 1.54) is 0 Å². The lowest BCUT2D eigenvalue weighted by molar-refractivity contribution is 0.0918. The standard InChI is InChI=1S/C23H19N3O2/c27-22(16-7-2-1-3-8-16)15-25-23(28)19-13-21(17-9-6-12-24-14-17)26-20-11-5-4-10-18(19)20/h1-14,22,27H,15H2,(H,25,28)/t22-/m0/s1. The van der Waals surface area contributed by atoms with Crippen LogP contribution in [0.2, 0.25) is 0 Å². The van der Waals surface area contributed by atoms with Crippen molar-refractivity contribution in [2.45, 2.75) is 6.10 Å². The van der Waals surface area contributed by atoms with E-state index >= 15 is 0 Å². The molecule has 0 aliphatic heterocycles. The Balaban J connectivity index is 1.64. The molecule has 1 amide bonds. The minimum absolute atomic E-state index is 0.127. The fourth-order valence-corrected chi connectivity index (χ4v) is 3.10. The van der Waals surface area contributed by atoms with Crippen molar-refractivity contribution >= 4 is 16.8 Å². The number of carbonyl (C=O) groups excluding carboxylic acids is 1. The van der Waals surface area contributed by atoms with Gasteiger partial charge in [-0.25, -0.2) is 4.98 Å². The zero-order chi connectivity index (χ0) is 19.3. The van der Waals surface area contributed by atoms with Gasteiger partial charge in [0.25, 0.3) is 5.91 Å². The number of aliphatic hydroxyl groups excluding tert-OH is 1. The van der Waals surface area contributed by atoms with Crippen LogP contribution >= 0.6 is 0 Å². The number of nitrogens with one attached hydrogen (secondary N) is 1. The highest BCUT2D eigenvalue weighted by atomic mass is 16.3. The van der Waals surface area contributed by atoms with Gasteiger partial charge < -0.3 is 10.4 Å². The van der Waals surface area contributed by atoms with Crippen LogP contribution < -0.4 is 5.32 Å². The van der Waals surface area contributed by atoms with Crippen molar-refractivity contribution < 1.29 is 9.90 Å². The van der Waals surface area contributed by atoms with Crippen molar-refractivity contribution in [1.29, 1.82) is 0 Å². The molecule has 28 heavy (non-hydrogen) atoms. The first-order valence-corrected chi connectivity index (χ1v) is 9.04. The van der Waals surface area contributed by atoms with Crippen molar-refractivity contribution in [3.05, 3.63) is 96.3 Å². The Morgan fingerprint density at radius 2 is 1.79 bits per heavy atom. The molecule has 0 spiro atoms. The van der Waals surface area contributed by atoms with E-state index in [0.717, 1.165) is 22.0 Å². The summed E-state index contributed by atoms with van der Waals surface area (Å²) in [4.78, 5) is 21.7. The molecule has 0 saturated heterocycles. The summed E-state index contributed by atoms with van der Waals surface area (Å²) < 4.78 is 0. The van der Waals surface area contributed by atoms with Gasteiger partial charge in [0.15, 0.2) is 0 Å². The van der Waals surface area contributed by atoms with Gasteiger partial charge in [0.2, 0.25) is 0 Å². The molecule has 0 fully saturated rings. The summed E-state index contributed by atoms with van der Waals surface area (Å²) in [5, 5.41) is 13.9. The maximum Gasteiger partial charge on any atom is 0.252 e. The van der Waals surface area contributed by atoms with Crippen LogP contribution in [0.5, 0.6) is 0 Å².